The minimum atomic E-state index is -0.698. The van der Waals surface area contributed by atoms with Gasteiger partial charge in [-0.3, -0.25) is 14.9 Å². The monoisotopic (exact) mass is 299 g/mol. The van der Waals surface area contributed by atoms with Crippen molar-refractivity contribution in [3.63, 3.8) is 0 Å². The summed E-state index contributed by atoms with van der Waals surface area (Å²) in [5, 5.41) is 18.6. The van der Waals surface area contributed by atoms with Crippen LogP contribution in [0.15, 0.2) is 12.2 Å². The van der Waals surface area contributed by atoms with E-state index < -0.39 is 5.97 Å². The van der Waals surface area contributed by atoms with Crippen LogP contribution < -0.4 is 0 Å². The zero-order chi connectivity index (χ0) is 15.8. The van der Waals surface area contributed by atoms with Gasteiger partial charge in [-0.25, -0.2) is 0 Å². The second kappa shape index (κ2) is 15.0. The van der Waals surface area contributed by atoms with Gasteiger partial charge in [-0.1, -0.05) is 37.8 Å². The Kier molecular flexibility index (Phi) is 14.0. The summed E-state index contributed by atoms with van der Waals surface area (Å²) < 4.78 is 0. The molecule has 0 radical (unpaired) electrons. The minimum absolute atomic E-state index is 0.0995. The highest BCUT2D eigenvalue weighted by molar-refractivity contribution is 5.66. The Labute approximate surface area is 127 Å². The van der Waals surface area contributed by atoms with Crippen LogP contribution in [0.5, 0.6) is 0 Å². The third-order valence-electron chi connectivity index (χ3n) is 3.39. The van der Waals surface area contributed by atoms with Crippen molar-refractivity contribution in [2.75, 3.05) is 6.54 Å². The summed E-state index contributed by atoms with van der Waals surface area (Å²) in [6, 6.07) is 0. The molecule has 122 valence electrons. The van der Waals surface area contributed by atoms with E-state index in [-0.39, 0.29) is 11.5 Å². The largest absolute Gasteiger partial charge is 0.481 e. The van der Waals surface area contributed by atoms with Gasteiger partial charge in [0, 0.05) is 17.8 Å². The van der Waals surface area contributed by atoms with Gasteiger partial charge < -0.3 is 5.11 Å². The Balaban J connectivity index is 3.12. The number of allylic oxidation sites excluding steroid dienone is 2. The van der Waals surface area contributed by atoms with Crippen LogP contribution >= 0.6 is 0 Å². The van der Waals surface area contributed by atoms with Crippen molar-refractivity contribution in [3.05, 3.63) is 22.3 Å². The van der Waals surface area contributed by atoms with Gasteiger partial charge in [0.1, 0.15) is 0 Å². The van der Waals surface area contributed by atoms with Gasteiger partial charge in [0.15, 0.2) is 0 Å². The molecule has 0 atom stereocenters. The molecule has 1 N–H and O–H groups in total. The fourth-order valence-corrected chi connectivity index (χ4v) is 2.16. The molecule has 0 aromatic rings. The SMILES string of the molecule is O=C(O)CCCCCCCC=CCCCCCC[N+](=O)[O-]. The van der Waals surface area contributed by atoms with E-state index in [1.54, 1.807) is 0 Å². The first-order valence-electron chi connectivity index (χ1n) is 8.11. The maximum atomic E-state index is 10.3. The molecule has 0 aromatic carbocycles. The molecule has 0 spiro atoms. The average molecular weight is 299 g/mol. The third kappa shape index (κ3) is 18.6. The fourth-order valence-electron chi connectivity index (χ4n) is 2.16. The Bertz CT molecular complexity index is 303. The van der Waals surface area contributed by atoms with E-state index >= 15 is 0 Å². The van der Waals surface area contributed by atoms with Gasteiger partial charge in [0.25, 0.3) is 0 Å². The molecule has 5 heteroatoms. The van der Waals surface area contributed by atoms with Crippen molar-refractivity contribution in [2.24, 2.45) is 0 Å². The number of carboxylic acid groups (broad SMARTS) is 1. The summed E-state index contributed by atoms with van der Waals surface area (Å²) in [7, 11) is 0. The van der Waals surface area contributed by atoms with Gasteiger partial charge in [-0.15, -0.1) is 0 Å². The molecular weight excluding hydrogens is 270 g/mol. The molecule has 21 heavy (non-hydrogen) atoms. The molecule has 0 fully saturated rings. The van der Waals surface area contributed by atoms with Crippen LogP contribution in [-0.2, 0) is 4.79 Å². The fraction of sp³-hybridized carbons (Fsp3) is 0.812. The van der Waals surface area contributed by atoms with E-state index in [0.29, 0.717) is 12.8 Å². The molecule has 0 unspecified atom stereocenters. The number of nitro groups is 1. The summed E-state index contributed by atoms with van der Waals surface area (Å²) >= 11 is 0. The lowest BCUT2D eigenvalue weighted by Gasteiger charge is -1.98. The summed E-state index contributed by atoms with van der Waals surface area (Å²) in [5.74, 6) is -0.698. The lowest BCUT2D eigenvalue weighted by molar-refractivity contribution is -0.480. The third-order valence-corrected chi connectivity index (χ3v) is 3.39. The standard InChI is InChI=1S/C16H29NO4/c18-16(19)14-12-10-8-6-4-2-1-3-5-7-9-11-13-15-17(20)21/h1,3H,2,4-15H2,(H,18,19). The van der Waals surface area contributed by atoms with E-state index in [1.165, 1.54) is 12.8 Å². The predicted molar refractivity (Wildman–Crippen MR) is 84.0 cm³/mol. The predicted octanol–water partition coefficient (Wildman–Crippen LogP) is 4.59. The Hall–Kier alpha value is -1.39. The maximum absolute atomic E-state index is 10.3. The summed E-state index contributed by atoms with van der Waals surface area (Å²) in [6.07, 6.45) is 16.0. The van der Waals surface area contributed by atoms with Gasteiger partial charge in [-0.05, 0) is 38.5 Å². The number of carboxylic acids is 1. The number of aliphatic carboxylic acids is 1. The zero-order valence-corrected chi connectivity index (χ0v) is 13.0. The number of hydrogen-bond acceptors (Lipinski definition) is 3. The molecule has 0 heterocycles. The molecule has 0 aromatic heterocycles. The highest BCUT2D eigenvalue weighted by atomic mass is 16.6. The minimum Gasteiger partial charge on any atom is -0.481 e. The second-order valence-corrected chi connectivity index (χ2v) is 5.43. The second-order valence-electron chi connectivity index (χ2n) is 5.43. The van der Waals surface area contributed by atoms with Crippen molar-refractivity contribution in [2.45, 2.75) is 77.0 Å². The van der Waals surface area contributed by atoms with Crippen molar-refractivity contribution in [1.82, 2.24) is 0 Å². The Morgan fingerprint density at radius 2 is 1.33 bits per heavy atom. The zero-order valence-electron chi connectivity index (χ0n) is 13.0. The molecule has 0 saturated heterocycles. The molecule has 5 nitrogen and oxygen atoms in total. The molecular formula is C16H29NO4. The summed E-state index contributed by atoms with van der Waals surface area (Å²) in [6.45, 7) is 0.0995. The van der Waals surface area contributed by atoms with Crippen LogP contribution in [0.1, 0.15) is 77.0 Å². The number of hydrogen-bond donors (Lipinski definition) is 1. The highest BCUT2D eigenvalue weighted by Gasteiger charge is 1.96. The van der Waals surface area contributed by atoms with Gasteiger partial charge in [0.05, 0.1) is 0 Å². The summed E-state index contributed by atoms with van der Waals surface area (Å²) in [4.78, 5) is 20.2. The van der Waals surface area contributed by atoms with Crippen LogP contribution in [0.3, 0.4) is 0 Å². The van der Waals surface area contributed by atoms with Crippen molar-refractivity contribution in [3.8, 4) is 0 Å². The van der Waals surface area contributed by atoms with E-state index in [4.69, 9.17) is 5.11 Å². The lowest BCUT2D eigenvalue weighted by atomic mass is 10.1. The van der Waals surface area contributed by atoms with E-state index in [2.05, 4.69) is 12.2 Å². The number of rotatable bonds is 15. The number of nitrogens with zero attached hydrogens (tertiary/aromatic N) is 1. The Morgan fingerprint density at radius 3 is 1.86 bits per heavy atom. The molecule has 0 aliphatic carbocycles. The first-order valence-corrected chi connectivity index (χ1v) is 8.11. The summed E-state index contributed by atoms with van der Waals surface area (Å²) in [5.41, 5.74) is 0. The van der Waals surface area contributed by atoms with Crippen LogP contribution in [0.2, 0.25) is 0 Å². The number of unbranched alkanes of at least 4 members (excludes halogenated alkanes) is 9. The Morgan fingerprint density at radius 1 is 0.857 bits per heavy atom. The van der Waals surface area contributed by atoms with E-state index in [0.717, 1.165) is 51.4 Å². The van der Waals surface area contributed by atoms with Gasteiger partial charge in [-0.2, -0.15) is 0 Å². The van der Waals surface area contributed by atoms with Crippen LogP contribution in [0.25, 0.3) is 0 Å². The molecule has 0 saturated carbocycles. The highest BCUT2D eigenvalue weighted by Crippen LogP contribution is 2.08. The average Bonchev–Trinajstić information content (AvgIpc) is 2.42. The molecule has 0 aliphatic heterocycles. The van der Waals surface area contributed by atoms with E-state index in [1.807, 2.05) is 0 Å². The molecule has 0 amide bonds. The first kappa shape index (κ1) is 19.6. The maximum Gasteiger partial charge on any atom is 0.303 e. The normalized spacial score (nSPS) is 11.0. The smallest absolute Gasteiger partial charge is 0.303 e. The molecule has 0 aliphatic rings. The van der Waals surface area contributed by atoms with Crippen molar-refractivity contribution >= 4 is 5.97 Å². The van der Waals surface area contributed by atoms with Crippen molar-refractivity contribution in [1.29, 1.82) is 0 Å². The molecule has 0 bridgehead atoms. The van der Waals surface area contributed by atoms with Crippen LogP contribution in [-0.4, -0.2) is 22.5 Å². The quantitative estimate of drug-likeness (QED) is 0.208. The van der Waals surface area contributed by atoms with Gasteiger partial charge >= 0.3 is 5.97 Å². The number of carbonyl (C=O) groups is 1. The van der Waals surface area contributed by atoms with Crippen molar-refractivity contribution < 1.29 is 14.8 Å². The van der Waals surface area contributed by atoms with Crippen LogP contribution in [0, 0.1) is 10.1 Å². The van der Waals surface area contributed by atoms with Crippen LogP contribution in [0.4, 0.5) is 0 Å². The first-order chi connectivity index (χ1) is 10.1. The molecule has 0 rings (SSSR count). The van der Waals surface area contributed by atoms with E-state index in [9.17, 15) is 14.9 Å². The lowest BCUT2D eigenvalue weighted by Crippen LogP contribution is -1.99. The van der Waals surface area contributed by atoms with Gasteiger partial charge in [0.2, 0.25) is 6.54 Å². The topological polar surface area (TPSA) is 80.4 Å².